The molecule has 2 aromatic rings. The number of carboxylic acids is 1. The lowest BCUT2D eigenvalue weighted by Crippen LogP contribution is -2.01. The number of rotatable bonds is 4. The summed E-state index contributed by atoms with van der Waals surface area (Å²) >= 11 is 3.19. The number of ether oxygens (including phenoxy) is 1. The summed E-state index contributed by atoms with van der Waals surface area (Å²) in [5.74, 6) is -0.527. The number of carbonyl (C=O) groups is 1. The van der Waals surface area contributed by atoms with E-state index in [4.69, 9.17) is 15.1 Å². The molecule has 0 aromatic heterocycles. The van der Waals surface area contributed by atoms with Gasteiger partial charge in [-0.3, -0.25) is 0 Å². The predicted molar refractivity (Wildman–Crippen MR) is 81.3 cm³/mol. The van der Waals surface area contributed by atoms with E-state index in [0.717, 1.165) is 11.1 Å². The highest BCUT2D eigenvalue weighted by Crippen LogP contribution is 2.23. The summed E-state index contributed by atoms with van der Waals surface area (Å²) in [6.07, 6.45) is 0. The van der Waals surface area contributed by atoms with Gasteiger partial charge in [0.2, 0.25) is 0 Å². The highest BCUT2D eigenvalue weighted by Gasteiger charge is 2.10. The maximum absolute atomic E-state index is 11.1. The summed E-state index contributed by atoms with van der Waals surface area (Å²) in [4.78, 5) is 11.1. The molecule has 106 valence electrons. The molecule has 0 bridgehead atoms. The third-order valence-electron chi connectivity index (χ3n) is 3.03. The van der Waals surface area contributed by atoms with Gasteiger partial charge in [-0.2, -0.15) is 5.26 Å². The van der Waals surface area contributed by atoms with Crippen molar-refractivity contribution in [3.8, 4) is 11.8 Å². The standard InChI is InChI=1S/C16H12BrNO3/c1-10-6-11(8-18)2-3-12(10)9-21-13-4-5-15(17)14(7-13)16(19)20/h2-7H,9H2,1H3,(H,19,20). The maximum atomic E-state index is 11.1. The van der Waals surface area contributed by atoms with Crippen molar-refractivity contribution >= 4 is 21.9 Å². The van der Waals surface area contributed by atoms with E-state index in [0.29, 0.717) is 22.4 Å². The number of aryl methyl sites for hydroxylation is 1. The van der Waals surface area contributed by atoms with Crippen LogP contribution in [0.1, 0.15) is 27.0 Å². The summed E-state index contributed by atoms with van der Waals surface area (Å²) in [6.45, 7) is 2.22. The fourth-order valence-electron chi connectivity index (χ4n) is 1.85. The van der Waals surface area contributed by atoms with E-state index < -0.39 is 5.97 Å². The fourth-order valence-corrected chi connectivity index (χ4v) is 2.26. The number of carboxylic acid groups (broad SMARTS) is 1. The average molecular weight is 346 g/mol. The molecule has 21 heavy (non-hydrogen) atoms. The molecule has 0 atom stereocenters. The van der Waals surface area contributed by atoms with Gasteiger partial charge in [0.1, 0.15) is 12.4 Å². The molecule has 0 spiro atoms. The Kier molecular flexibility index (Phi) is 4.61. The fraction of sp³-hybridized carbons (Fsp3) is 0.125. The molecule has 2 aromatic carbocycles. The zero-order chi connectivity index (χ0) is 15.4. The second-order valence-electron chi connectivity index (χ2n) is 4.49. The summed E-state index contributed by atoms with van der Waals surface area (Å²) in [5, 5.41) is 17.9. The average Bonchev–Trinajstić information content (AvgIpc) is 2.47. The van der Waals surface area contributed by atoms with Crippen LogP contribution < -0.4 is 4.74 Å². The minimum atomic E-state index is -1.01. The molecule has 4 nitrogen and oxygen atoms in total. The first-order valence-corrected chi connectivity index (χ1v) is 6.96. The van der Waals surface area contributed by atoms with Crippen molar-refractivity contribution in [2.24, 2.45) is 0 Å². The number of halogens is 1. The first-order chi connectivity index (χ1) is 10.0. The molecular weight excluding hydrogens is 334 g/mol. The van der Waals surface area contributed by atoms with Crippen LogP contribution in [0.5, 0.6) is 5.75 Å². The summed E-state index contributed by atoms with van der Waals surface area (Å²) in [6, 6.07) is 12.3. The van der Waals surface area contributed by atoms with Crippen molar-refractivity contribution in [3.63, 3.8) is 0 Å². The second kappa shape index (κ2) is 6.42. The molecule has 0 saturated heterocycles. The minimum absolute atomic E-state index is 0.157. The molecule has 5 heteroatoms. The molecular formula is C16H12BrNO3. The van der Waals surface area contributed by atoms with E-state index in [2.05, 4.69) is 22.0 Å². The van der Waals surface area contributed by atoms with Crippen LogP contribution in [0.25, 0.3) is 0 Å². The molecule has 0 aliphatic carbocycles. The van der Waals surface area contributed by atoms with Crippen molar-refractivity contribution in [1.29, 1.82) is 5.26 Å². The van der Waals surface area contributed by atoms with E-state index in [1.807, 2.05) is 13.0 Å². The molecule has 0 heterocycles. The largest absolute Gasteiger partial charge is 0.489 e. The molecule has 0 saturated carbocycles. The van der Waals surface area contributed by atoms with Gasteiger partial charge in [-0.05, 0) is 64.3 Å². The number of hydrogen-bond acceptors (Lipinski definition) is 3. The monoisotopic (exact) mass is 345 g/mol. The van der Waals surface area contributed by atoms with Gasteiger partial charge in [0.05, 0.1) is 17.2 Å². The second-order valence-corrected chi connectivity index (χ2v) is 5.34. The quantitative estimate of drug-likeness (QED) is 0.911. The van der Waals surface area contributed by atoms with Gasteiger partial charge >= 0.3 is 5.97 Å². The van der Waals surface area contributed by atoms with Gasteiger partial charge in [-0.1, -0.05) is 6.07 Å². The number of nitriles is 1. The van der Waals surface area contributed by atoms with E-state index in [-0.39, 0.29) is 5.56 Å². The van der Waals surface area contributed by atoms with Crippen molar-refractivity contribution in [1.82, 2.24) is 0 Å². The number of benzene rings is 2. The normalized spacial score (nSPS) is 9.95. The van der Waals surface area contributed by atoms with Crippen LogP contribution in [0.3, 0.4) is 0 Å². The summed E-state index contributed by atoms with van der Waals surface area (Å²) in [7, 11) is 0. The highest BCUT2D eigenvalue weighted by molar-refractivity contribution is 9.10. The lowest BCUT2D eigenvalue weighted by molar-refractivity contribution is 0.0695. The maximum Gasteiger partial charge on any atom is 0.336 e. The van der Waals surface area contributed by atoms with Gasteiger partial charge in [0, 0.05) is 4.47 Å². The summed E-state index contributed by atoms with van der Waals surface area (Å²) in [5.41, 5.74) is 2.68. The smallest absolute Gasteiger partial charge is 0.336 e. The van der Waals surface area contributed by atoms with E-state index in [1.165, 1.54) is 6.07 Å². The van der Waals surface area contributed by atoms with Crippen LogP contribution in [0.2, 0.25) is 0 Å². The van der Waals surface area contributed by atoms with Gasteiger partial charge in [-0.15, -0.1) is 0 Å². The Labute approximate surface area is 130 Å². The first-order valence-electron chi connectivity index (χ1n) is 6.16. The van der Waals surface area contributed by atoms with E-state index >= 15 is 0 Å². The Bertz CT molecular complexity index is 735. The summed E-state index contributed by atoms with van der Waals surface area (Å²) < 4.78 is 6.14. The van der Waals surface area contributed by atoms with Crippen molar-refractivity contribution in [3.05, 3.63) is 63.1 Å². The van der Waals surface area contributed by atoms with Gasteiger partial charge in [-0.25, -0.2) is 4.79 Å². The molecule has 0 fully saturated rings. The molecule has 0 unspecified atom stereocenters. The molecule has 0 amide bonds. The molecule has 2 rings (SSSR count). The van der Waals surface area contributed by atoms with Crippen molar-refractivity contribution < 1.29 is 14.6 Å². The van der Waals surface area contributed by atoms with Crippen LogP contribution in [0.4, 0.5) is 0 Å². The lowest BCUT2D eigenvalue weighted by Gasteiger charge is -2.10. The third-order valence-corrected chi connectivity index (χ3v) is 3.73. The third kappa shape index (κ3) is 3.61. The zero-order valence-electron chi connectivity index (χ0n) is 11.3. The highest BCUT2D eigenvalue weighted by atomic mass is 79.9. The molecule has 0 aliphatic rings. The van der Waals surface area contributed by atoms with Crippen LogP contribution in [-0.2, 0) is 6.61 Å². The predicted octanol–water partition coefficient (Wildman–Crippen LogP) is 3.91. The Hall–Kier alpha value is -2.32. The molecule has 1 N–H and O–H groups in total. The Morgan fingerprint density at radius 2 is 2.10 bits per heavy atom. The number of aromatic carboxylic acids is 1. The van der Waals surface area contributed by atoms with Gasteiger partial charge in [0.15, 0.2) is 0 Å². The van der Waals surface area contributed by atoms with E-state index in [1.54, 1.807) is 24.3 Å². The van der Waals surface area contributed by atoms with Crippen LogP contribution >= 0.6 is 15.9 Å². The Morgan fingerprint density at radius 1 is 1.33 bits per heavy atom. The topological polar surface area (TPSA) is 70.3 Å². The van der Waals surface area contributed by atoms with Crippen LogP contribution in [0.15, 0.2) is 40.9 Å². The van der Waals surface area contributed by atoms with Gasteiger partial charge in [0.25, 0.3) is 0 Å². The number of hydrogen-bond donors (Lipinski definition) is 1. The molecule has 0 radical (unpaired) electrons. The Morgan fingerprint density at radius 3 is 2.71 bits per heavy atom. The van der Waals surface area contributed by atoms with Crippen molar-refractivity contribution in [2.75, 3.05) is 0 Å². The SMILES string of the molecule is Cc1cc(C#N)ccc1COc1ccc(Br)c(C(=O)O)c1. The minimum Gasteiger partial charge on any atom is -0.489 e. The van der Waals surface area contributed by atoms with Crippen LogP contribution in [0, 0.1) is 18.3 Å². The number of nitrogens with zero attached hydrogens (tertiary/aromatic N) is 1. The zero-order valence-corrected chi connectivity index (χ0v) is 12.8. The van der Waals surface area contributed by atoms with Crippen LogP contribution in [-0.4, -0.2) is 11.1 Å². The first kappa shape index (κ1) is 15.1. The molecule has 0 aliphatic heterocycles. The van der Waals surface area contributed by atoms with E-state index in [9.17, 15) is 4.79 Å². The van der Waals surface area contributed by atoms with Gasteiger partial charge < -0.3 is 9.84 Å². The lowest BCUT2D eigenvalue weighted by atomic mass is 10.1. The van der Waals surface area contributed by atoms with Crippen molar-refractivity contribution in [2.45, 2.75) is 13.5 Å². The Balaban J connectivity index is 2.15.